The summed E-state index contributed by atoms with van der Waals surface area (Å²) in [7, 11) is -3.72. The van der Waals surface area contributed by atoms with E-state index in [0.29, 0.717) is 31.1 Å². The molecule has 0 saturated carbocycles. The number of ether oxygens (including phenoxy) is 1. The summed E-state index contributed by atoms with van der Waals surface area (Å²) in [6.07, 6.45) is 1.58. The molecule has 0 fully saturated rings. The van der Waals surface area contributed by atoms with Crippen molar-refractivity contribution < 1.29 is 22.3 Å². The largest absolute Gasteiger partial charge is 0.492 e. The van der Waals surface area contributed by atoms with Gasteiger partial charge in [-0.1, -0.05) is 13.8 Å². The lowest BCUT2D eigenvalue weighted by Gasteiger charge is -2.20. The van der Waals surface area contributed by atoms with Crippen molar-refractivity contribution >= 4 is 21.6 Å². The number of carbonyl (C=O) groups is 1. The monoisotopic (exact) mass is 460 g/mol. The predicted octanol–water partition coefficient (Wildman–Crippen LogP) is 3.69. The minimum atomic E-state index is -3.72. The Morgan fingerprint density at radius 3 is 2.41 bits per heavy atom. The summed E-state index contributed by atoms with van der Waals surface area (Å²) in [4.78, 5) is 12.9. The van der Waals surface area contributed by atoms with Gasteiger partial charge in [-0.2, -0.15) is 9.40 Å². The molecule has 1 N–H and O–H groups in total. The highest BCUT2D eigenvalue weighted by Gasteiger charge is 2.24. The third-order valence-electron chi connectivity index (χ3n) is 4.76. The number of sulfonamides is 1. The first kappa shape index (κ1) is 23.4. The SMILES string of the molecule is CCOc1ccc(S(=O)(=O)N(CC)CC)cc1NC(=O)c1ccn(-c2ccc(F)cc2)n1. The topological polar surface area (TPSA) is 93.5 Å². The molecule has 0 spiro atoms. The molecule has 0 bridgehead atoms. The predicted molar refractivity (Wildman–Crippen MR) is 119 cm³/mol. The van der Waals surface area contributed by atoms with Gasteiger partial charge < -0.3 is 10.1 Å². The zero-order chi connectivity index (χ0) is 23.3. The molecule has 8 nitrogen and oxygen atoms in total. The van der Waals surface area contributed by atoms with Crippen LogP contribution in [0.2, 0.25) is 0 Å². The number of amides is 1. The molecule has 3 aromatic rings. The Labute approximate surface area is 186 Å². The van der Waals surface area contributed by atoms with Crippen molar-refractivity contribution in [3.63, 3.8) is 0 Å². The molecule has 0 aliphatic heterocycles. The lowest BCUT2D eigenvalue weighted by atomic mass is 10.2. The quantitative estimate of drug-likeness (QED) is 0.526. The number of nitrogens with zero attached hydrogens (tertiary/aromatic N) is 3. The average molecular weight is 461 g/mol. The third kappa shape index (κ3) is 4.97. The summed E-state index contributed by atoms with van der Waals surface area (Å²) in [5, 5.41) is 6.91. The third-order valence-corrected chi connectivity index (χ3v) is 6.80. The minimum absolute atomic E-state index is 0.0526. The molecule has 1 aromatic heterocycles. The first-order chi connectivity index (χ1) is 15.3. The number of aromatic nitrogens is 2. The van der Waals surface area contributed by atoms with Crippen LogP contribution in [0.3, 0.4) is 0 Å². The van der Waals surface area contributed by atoms with E-state index in [1.807, 2.05) is 0 Å². The van der Waals surface area contributed by atoms with Gasteiger partial charge in [-0.25, -0.2) is 17.5 Å². The fourth-order valence-electron chi connectivity index (χ4n) is 3.13. The fraction of sp³-hybridized carbons (Fsp3) is 0.273. The fourth-order valence-corrected chi connectivity index (χ4v) is 4.61. The van der Waals surface area contributed by atoms with Gasteiger partial charge in [0.2, 0.25) is 10.0 Å². The molecule has 1 amide bonds. The van der Waals surface area contributed by atoms with E-state index in [1.165, 1.54) is 45.4 Å². The Bertz CT molecular complexity index is 1190. The molecule has 0 radical (unpaired) electrons. The molecule has 0 saturated heterocycles. The summed E-state index contributed by atoms with van der Waals surface area (Å²) >= 11 is 0. The minimum Gasteiger partial charge on any atom is -0.492 e. The molecule has 1 heterocycles. The van der Waals surface area contributed by atoms with Crippen LogP contribution in [-0.4, -0.2) is 48.1 Å². The van der Waals surface area contributed by atoms with E-state index in [1.54, 1.807) is 39.1 Å². The molecule has 170 valence electrons. The average Bonchev–Trinajstić information content (AvgIpc) is 3.26. The second-order valence-corrected chi connectivity index (χ2v) is 8.69. The van der Waals surface area contributed by atoms with Gasteiger partial charge in [0, 0.05) is 19.3 Å². The van der Waals surface area contributed by atoms with E-state index in [0.717, 1.165) is 0 Å². The van der Waals surface area contributed by atoms with Gasteiger partial charge in [0.1, 0.15) is 11.6 Å². The smallest absolute Gasteiger partial charge is 0.276 e. The van der Waals surface area contributed by atoms with Crippen molar-refractivity contribution in [2.75, 3.05) is 25.0 Å². The molecule has 32 heavy (non-hydrogen) atoms. The van der Waals surface area contributed by atoms with Crippen LogP contribution in [-0.2, 0) is 10.0 Å². The second-order valence-electron chi connectivity index (χ2n) is 6.76. The van der Waals surface area contributed by atoms with Gasteiger partial charge >= 0.3 is 0 Å². The number of carbonyl (C=O) groups excluding carboxylic acids is 1. The van der Waals surface area contributed by atoms with Crippen molar-refractivity contribution in [1.82, 2.24) is 14.1 Å². The number of nitrogens with one attached hydrogen (secondary N) is 1. The zero-order valence-electron chi connectivity index (χ0n) is 18.1. The van der Waals surface area contributed by atoms with Crippen molar-refractivity contribution in [3.8, 4) is 11.4 Å². The van der Waals surface area contributed by atoms with Gasteiger partial charge in [-0.15, -0.1) is 0 Å². The van der Waals surface area contributed by atoms with Gasteiger partial charge in [0.25, 0.3) is 5.91 Å². The first-order valence-electron chi connectivity index (χ1n) is 10.2. The molecule has 0 unspecified atom stereocenters. The maximum atomic E-state index is 13.1. The van der Waals surface area contributed by atoms with Crippen LogP contribution in [0.1, 0.15) is 31.3 Å². The van der Waals surface area contributed by atoms with Crippen LogP contribution in [0.5, 0.6) is 5.75 Å². The summed E-state index contributed by atoms with van der Waals surface area (Å²) in [6, 6.07) is 11.5. The van der Waals surface area contributed by atoms with Crippen molar-refractivity contribution in [3.05, 3.63) is 66.2 Å². The lowest BCUT2D eigenvalue weighted by Crippen LogP contribution is -2.30. The van der Waals surface area contributed by atoms with E-state index >= 15 is 0 Å². The normalized spacial score (nSPS) is 11.5. The Balaban J connectivity index is 1.90. The van der Waals surface area contributed by atoms with Gasteiger partial charge in [0.05, 0.1) is 22.9 Å². The van der Waals surface area contributed by atoms with Gasteiger partial charge in [-0.3, -0.25) is 4.79 Å². The van der Waals surface area contributed by atoms with Crippen molar-refractivity contribution in [2.24, 2.45) is 0 Å². The highest BCUT2D eigenvalue weighted by Crippen LogP contribution is 2.29. The Hall–Kier alpha value is -3.24. The molecular weight excluding hydrogens is 435 g/mol. The number of anilines is 1. The summed E-state index contributed by atoms with van der Waals surface area (Å²) in [5.74, 6) is -0.566. The van der Waals surface area contributed by atoms with Crippen LogP contribution in [0.25, 0.3) is 5.69 Å². The van der Waals surface area contributed by atoms with E-state index in [2.05, 4.69) is 10.4 Å². The molecule has 2 aromatic carbocycles. The number of benzene rings is 2. The van der Waals surface area contributed by atoms with Crippen LogP contribution in [0.15, 0.2) is 59.6 Å². The number of halogens is 1. The lowest BCUT2D eigenvalue weighted by molar-refractivity contribution is 0.102. The van der Waals surface area contributed by atoms with Gasteiger partial charge in [0.15, 0.2) is 5.69 Å². The molecule has 0 aliphatic carbocycles. The van der Waals surface area contributed by atoms with Crippen LogP contribution in [0, 0.1) is 5.82 Å². The summed E-state index contributed by atoms with van der Waals surface area (Å²) < 4.78 is 47.2. The molecule has 0 aliphatic rings. The number of hydrogen-bond acceptors (Lipinski definition) is 5. The maximum absolute atomic E-state index is 13.1. The second kappa shape index (κ2) is 9.92. The van der Waals surface area contributed by atoms with Crippen LogP contribution >= 0.6 is 0 Å². The molecule has 0 atom stereocenters. The van der Waals surface area contributed by atoms with E-state index < -0.39 is 15.9 Å². The van der Waals surface area contributed by atoms with Crippen molar-refractivity contribution in [1.29, 1.82) is 0 Å². The Morgan fingerprint density at radius 1 is 1.09 bits per heavy atom. The van der Waals surface area contributed by atoms with Gasteiger partial charge in [-0.05, 0) is 55.5 Å². The zero-order valence-corrected chi connectivity index (χ0v) is 18.9. The molecule has 3 rings (SSSR count). The van der Waals surface area contributed by atoms with Crippen molar-refractivity contribution in [2.45, 2.75) is 25.7 Å². The van der Waals surface area contributed by atoms with E-state index in [4.69, 9.17) is 4.74 Å². The standard InChI is InChI=1S/C22H25FN4O4S/c1-4-26(5-2)32(29,30)18-11-12-21(31-6-3)20(15-18)24-22(28)19-13-14-27(25-19)17-9-7-16(23)8-10-17/h7-15H,4-6H2,1-3H3,(H,24,28). The maximum Gasteiger partial charge on any atom is 0.276 e. The highest BCUT2D eigenvalue weighted by molar-refractivity contribution is 7.89. The Kier molecular flexibility index (Phi) is 7.26. The summed E-state index contributed by atoms with van der Waals surface area (Å²) in [5.41, 5.74) is 0.919. The molecular formula is C22H25FN4O4S. The Morgan fingerprint density at radius 2 is 1.78 bits per heavy atom. The van der Waals surface area contributed by atoms with E-state index in [9.17, 15) is 17.6 Å². The number of rotatable bonds is 9. The first-order valence-corrected chi connectivity index (χ1v) is 11.6. The van der Waals surface area contributed by atoms with E-state index in [-0.39, 0.29) is 22.1 Å². The van der Waals surface area contributed by atoms with Crippen LogP contribution < -0.4 is 10.1 Å². The van der Waals surface area contributed by atoms with Crippen LogP contribution in [0.4, 0.5) is 10.1 Å². The summed E-state index contributed by atoms with van der Waals surface area (Å²) in [6.45, 7) is 6.30. The highest BCUT2D eigenvalue weighted by atomic mass is 32.2. The molecule has 10 heteroatoms. The number of hydrogen-bond donors (Lipinski definition) is 1.